The molecule has 0 bridgehead atoms. The zero-order valence-corrected chi connectivity index (χ0v) is 17.2. The van der Waals surface area contributed by atoms with Crippen LogP contribution in [0, 0.1) is 0 Å². The van der Waals surface area contributed by atoms with Crippen LogP contribution in [0.15, 0.2) is 35.9 Å². The number of benzene rings is 2. The molecule has 2 aromatic carbocycles. The first-order valence-corrected chi connectivity index (χ1v) is 9.40. The van der Waals surface area contributed by atoms with Gasteiger partial charge in [0.15, 0.2) is 5.11 Å². The third-order valence-electron chi connectivity index (χ3n) is 4.71. The minimum atomic E-state index is -0.479. The maximum atomic E-state index is 13.0. The monoisotopic (exact) mass is 436 g/mol. The molecule has 1 saturated heterocycles. The molecular formula is C19H11Cl3N2O2S. The Balaban J connectivity index is 2.14. The summed E-state index contributed by atoms with van der Waals surface area (Å²) in [7, 11) is 3.07. The number of nitrogens with zero attached hydrogens (tertiary/aromatic N) is 2. The highest BCUT2D eigenvalue weighted by molar-refractivity contribution is 7.80. The van der Waals surface area contributed by atoms with Gasteiger partial charge in [0, 0.05) is 35.3 Å². The number of thiocarbonyl (C=S) groups is 1. The van der Waals surface area contributed by atoms with Crippen LogP contribution in [0.5, 0.6) is 0 Å². The first-order valence-electron chi connectivity index (χ1n) is 7.86. The van der Waals surface area contributed by atoms with Crippen LogP contribution in [0.25, 0.3) is 16.7 Å². The summed E-state index contributed by atoms with van der Waals surface area (Å²) in [6, 6.07) is 8.61. The van der Waals surface area contributed by atoms with Gasteiger partial charge in [0.25, 0.3) is 11.8 Å². The van der Waals surface area contributed by atoms with Gasteiger partial charge in [-0.3, -0.25) is 19.4 Å². The lowest BCUT2D eigenvalue weighted by molar-refractivity contribution is -0.132. The van der Waals surface area contributed by atoms with Crippen LogP contribution in [0.2, 0.25) is 15.1 Å². The summed E-state index contributed by atoms with van der Waals surface area (Å²) in [6.07, 6.45) is 0. The number of likely N-dealkylation sites (N-methyl/N-ethyl adjacent to an activating group) is 2. The molecule has 0 spiro atoms. The fraction of sp³-hybridized carbons (Fsp3) is 0.105. The SMILES string of the molecule is CN1C(=O)C(=C2c3cc(Cl)ccc3-c3c(Cl)cc(Cl)cc32)C(=O)N(C)C1=S. The summed E-state index contributed by atoms with van der Waals surface area (Å²) >= 11 is 24.0. The first-order chi connectivity index (χ1) is 12.7. The number of halogens is 3. The highest BCUT2D eigenvalue weighted by atomic mass is 35.5. The Morgan fingerprint density at radius 2 is 1.37 bits per heavy atom. The van der Waals surface area contributed by atoms with Crippen molar-refractivity contribution in [1.82, 2.24) is 9.80 Å². The van der Waals surface area contributed by atoms with Crippen molar-refractivity contribution in [3.8, 4) is 11.1 Å². The molecule has 0 unspecified atom stereocenters. The molecule has 1 aliphatic heterocycles. The molecule has 1 fully saturated rings. The van der Waals surface area contributed by atoms with Crippen molar-refractivity contribution in [2.24, 2.45) is 0 Å². The molecule has 27 heavy (non-hydrogen) atoms. The van der Waals surface area contributed by atoms with E-state index in [9.17, 15) is 9.59 Å². The molecule has 0 saturated carbocycles. The summed E-state index contributed by atoms with van der Waals surface area (Å²) in [5, 5.41) is 1.46. The summed E-state index contributed by atoms with van der Waals surface area (Å²) in [4.78, 5) is 28.5. The van der Waals surface area contributed by atoms with Gasteiger partial charge in [-0.25, -0.2) is 0 Å². The van der Waals surface area contributed by atoms with Crippen LogP contribution in [0.4, 0.5) is 0 Å². The lowest BCUT2D eigenvalue weighted by Gasteiger charge is -2.32. The van der Waals surface area contributed by atoms with Gasteiger partial charge in [0.2, 0.25) is 0 Å². The molecule has 2 aliphatic rings. The van der Waals surface area contributed by atoms with E-state index in [1.165, 1.54) is 23.9 Å². The molecule has 1 heterocycles. The highest BCUT2D eigenvalue weighted by Crippen LogP contribution is 2.51. The summed E-state index contributed by atoms with van der Waals surface area (Å²) < 4.78 is 0. The largest absolute Gasteiger partial charge is 0.288 e. The van der Waals surface area contributed by atoms with Gasteiger partial charge in [-0.2, -0.15) is 0 Å². The minimum absolute atomic E-state index is 0.00852. The Bertz CT molecular complexity index is 1080. The van der Waals surface area contributed by atoms with E-state index in [2.05, 4.69) is 0 Å². The second-order valence-electron chi connectivity index (χ2n) is 6.26. The van der Waals surface area contributed by atoms with Gasteiger partial charge in [-0.1, -0.05) is 40.9 Å². The maximum Gasteiger partial charge on any atom is 0.266 e. The Hall–Kier alpha value is -1.92. The van der Waals surface area contributed by atoms with Crippen LogP contribution in [0.1, 0.15) is 11.1 Å². The number of hydrogen-bond donors (Lipinski definition) is 0. The van der Waals surface area contributed by atoms with Gasteiger partial charge in [0.05, 0.1) is 5.02 Å². The van der Waals surface area contributed by atoms with E-state index in [1.807, 2.05) is 6.07 Å². The van der Waals surface area contributed by atoms with E-state index in [4.69, 9.17) is 47.0 Å². The second-order valence-corrected chi connectivity index (χ2v) is 7.91. The molecule has 0 N–H and O–H groups in total. The highest BCUT2D eigenvalue weighted by Gasteiger charge is 2.41. The van der Waals surface area contributed by atoms with Crippen molar-refractivity contribution in [3.05, 3.63) is 62.1 Å². The molecular weight excluding hydrogens is 427 g/mol. The molecule has 4 rings (SSSR count). The van der Waals surface area contributed by atoms with Gasteiger partial charge < -0.3 is 0 Å². The van der Waals surface area contributed by atoms with Crippen LogP contribution in [0.3, 0.4) is 0 Å². The maximum absolute atomic E-state index is 13.0. The predicted molar refractivity (Wildman–Crippen MR) is 111 cm³/mol. The van der Waals surface area contributed by atoms with Crippen molar-refractivity contribution >= 4 is 69.5 Å². The summed E-state index contributed by atoms with van der Waals surface area (Å²) in [5.41, 5.74) is 3.26. The first kappa shape index (κ1) is 18.4. The fourth-order valence-corrected chi connectivity index (χ4v) is 4.37. The average molecular weight is 438 g/mol. The van der Waals surface area contributed by atoms with Gasteiger partial charge >= 0.3 is 0 Å². The van der Waals surface area contributed by atoms with E-state index in [1.54, 1.807) is 24.3 Å². The van der Waals surface area contributed by atoms with Gasteiger partial charge in [-0.05, 0) is 53.2 Å². The van der Waals surface area contributed by atoms with Gasteiger partial charge in [0.1, 0.15) is 5.57 Å². The van der Waals surface area contributed by atoms with E-state index in [0.29, 0.717) is 37.3 Å². The molecule has 2 aromatic rings. The van der Waals surface area contributed by atoms with Crippen molar-refractivity contribution in [3.63, 3.8) is 0 Å². The zero-order valence-electron chi connectivity index (χ0n) is 14.1. The van der Waals surface area contributed by atoms with Gasteiger partial charge in [-0.15, -0.1) is 0 Å². The molecule has 136 valence electrons. The number of carbonyl (C=O) groups is 2. The van der Waals surface area contributed by atoms with E-state index < -0.39 is 11.8 Å². The molecule has 0 radical (unpaired) electrons. The number of rotatable bonds is 0. The standard InChI is InChI=1S/C19H11Cl3N2O2S/c1-23-17(25)16(18(26)24(2)19(23)27)15-11-5-8(20)3-4-10(11)14-12(15)6-9(21)7-13(14)22/h3-7H,1-2H3. The average Bonchev–Trinajstić information content (AvgIpc) is 2.92. The number of fused-ring (bicyclic) bond motifs is 3. The van der Waals surface area contributed by atoms with Crippen LogP contribution < -0.4 is 0 Å². The third kappa shape index (κ3) is 2.61. The molecule has 0 atom stereocenters. The number of amides is 2. The molecule has 2 amide bonds. The lowest BCUT2D eigenvalue weighted by atomic mass is 9.95. The zero-order chi connectivity index (χ0) is 19.6. The van der Waals surface area contributed by atoms with E-state index in [-0.39, 0.29) is 10.7 Å². The second kappa shape index (κ2) is 6.31. The van der Waals surface area contributed by atoms with Crippen LogP contribution in [-0.4, -0.2) is 40.8 Å². The van der Waals surface area contributed by atoms with Crippen LogP contribution >= 0.6 is 47.0 Å². The fourth-order valence-electron chi connectivity index (χ4n) is 3.44. The topological polar surface area (TPSA) is 40.6 Å². The molecule has 8 heteroatoms. The molecule has 4 nitrogen and oxygen atoms in total. The summed E-state index contributed by atoms with van der Waals surface area (Å²) in [6.45, 7) is 0. The Morgan fingerprint density at radius 1 is 0.778 bits per heavy atom. The van der Waals surface area contributed by atoms with Crippen molar-refractivity contribution in [2.45, 2.75) is 0 Å². The smallest absolute Gasteiger partial charge is 0.266 e. The summed E-state index contributed by atoms with van der Waals surface area (Å²) in [5.74, 6) is -0.957. The van der Waals surface area contributed by atoms with Crippen molar-refractivity contribution in [1.29, 1.82) is 0 Å². The van der Waals surface area contributed by atoms with Crippen LogP contribution in [-0.2, 0) is 9.59 Å². The Labute approximate surface area is 175 Å². The Kier molecular flexibility index (Phi) is 4.31. The van der Waals surface area contributed by atoms with E-state index in [0.717, 1.165) is 5.56 Å². The molecule has 1 aliphatic carbocycles. The normalized spacial score (nSPS) is 16.3. The molecule has 0 aromatic heterocycles. The Morgan fingerprint density at radius 3 is 2.00 bits per heavy atom. The van der Waals surface area contributed by atoms with E-state index >= 15 is 0 Å². The third-order valence-corrected chi connectivity index (χ3v) is 6.00. The minimum Gasteiger partial charge on any atom is -0.288 e. The predicted octanol–water partition coefficient (Wildman–Crippen LogP) is 4.64. The number of hydrogen-bond acceptors (Lipinski definition) is 3. The quantitative estimate of drug-likeness (QED) is 0.292. The lowest BCUT2D eigenvalue weighted by Crippen LogP contribution is -2.53. The number of carbonyl (C=O) groups excluding carboxylic acids is 2. The van der Waals surface area contributed by atoms with Crippen molar-refractivity contribution in [2.75, 3.05) is 14.1 Å². The van der Waals surface area contributed by atoms with Crippen molar-refractivity contribution < 1.29 is 9.59 Å².